The van der Waals surface area contributed by atoms with Crippen LogP contribution in [-0.4, -0.2) is 62.5 Å². The molecule has 0 fully saturated rings. The Hall–Kier alpha value is 0.626. The van der Waals surface area contributed by atoms with Crippen LogP contribution < -0.4 is 0 Å². The molecule has 0 amide bonds. The first-order valence-corrected chi connectivity index (χ1v) is 2.29. The monoisotopic (exact) mass is 152 g/mol. The molecule has 0 saturated heterocycles. The molecule has 0 aromatic rings. The van der Waals surface area contributed by atoms with Crippen molar-refractivity contribution in [1.29, 1.82) is 0 Å². The van der Waals surface area contributed by atoms with Crippen LogP contribution >= 0.6 is 0 Å². The van der Waals surface area contributed by atoms with Crippen LogP contribution in [0.25, 0.3) is 0 Å². The number of hydrogen-bond acceptors (Lipinski definition) is 1. The molecule has 9 heavy (non-hydrogen) atoms. The third kappa shape index (κ3) is 6.51. The first kappa shape index (κ1) is 12.3. The molecule has 46 valence electrons. The Kier molecular flexibility index (Phi) is 9.23. The quantitative estimate of drug-likeness (QED) is 0.338. The predicted molar refractivity (Wildman–Crippen MR) is 37.7 cm³/mol. The molecule has 2 nitrogen and oxygen atoms in total. The summed E-state index contributed by atoms with van der Waals surface area (Å²) >= 11 is 0. The van der Waals surface area contributed by atoms with Crippen molar-refractivity contribution in [3.8, 4) is 0 Å². The van der Waals surface area contributed by atoms with E-state index in [1.165, 1.54) is 6.92 Å². The zero-order valence-electron chi connectivity index (χ0n) is 4.93. The first-order chi connectivity index (χ1) is 3.68. The van der Waals surface area contributed by atoms with Gasteiger partial charge < -0.3 is 5.11 Å². The van der Waals surface area contributed by atoms with E-state index in [4.69, 9.17) is 5.11 Å². The van der Waals surface area contributed by atoms with Gasteiger partial charge in [0.1, 0.15) is 0 Å². The van der Waals surface area contributed by atoms with Crippen molar-refractivity contribution in [2.75, 3.05) is 0 Å². The Morgan fingerprint density at radius 3 is 2.22 bits per heavy atom. The zero-order valence-corrected chi connectivity index (χ0v) is 4.93. The van der Waals surface area contributed by atoms with Gasteiger partial charge in [-0.1, -0.05) is 0 Å². The van der Waals surface area contributed by atoms with E-state index in [1.807, 2.05) is 0 Å². The van der Waals surface area contributed by atoms with Crippen molar-refractivity contribution in [2.24, 2.45) is 0 Å². The van der Waals surface area contributed by atoms with Gasteiger partial charge in [-0.25, -0.2) is 4.79 Å². The molecule has 0 aliphatic rings. The summed E-state index contributed by atoms with van der Waals surface area (Å²) in [6.07, 6.45) is 1.57. The summed E-state index contributed by atoms with van der Waals surface area (Å²) < 4.78 is 0. The van der Waals surface area contributed by atoms with Crippen LogP contribution in [0.2, 0.25) is 0 Å². The van der Waals surface area contributed by atoms with Crippen molar-refractivity contribution in [2.45, 2.75) is 13.8 Å². The van der Waals surface area contributed by atoms with Crippen LogP contribution in [-0.2, 0) is 4.79 Å². The Morgan fingerprint density at radius 1 is 1.67 bits per heavy atom. The summed E-state index contributed by atoms with van der Waals surface area (Å²) in [5.41, 5.74) is 2.78. The van der Waals surface area contributed by atoms with Gasteiger partial charge in [0.25, 0.3) is 0 Å². The van der Waals surface area contributed by atoms with E-state index >= 15 is 0 Å². The van der Waals surface area contributed by atoms with Gasteiger partial charge in [0.2, 0.25) is 0 Å². The molecule has 0 aromatic carbocycles. The Morgan fingerprint density at radius 2 is 2.11 bits per heavy atom. The molecule has 0 bridgehead atoms. The van der Waals surface area contributed by atoms with Gasteiger partial charge in [0, 0.05) is 0 Å². The maximum absolute atomic E-state index is 9.97. The van der Waals surface area contributed by atoms with E-state index in [9.17, 15) is 4.79 Å². The van der Waals surface area contributed by atoms with Crippen LogP contribution in [0, 0.1) is 0 Å². The van der Waals surface area contributed by atoms with E-state index < -0.39 is 5.97 Å². The summed E-state index contributed by atoms with van der Waals surface area (Å²) in [5.74, 6) is -0.914. The molecule has 0 radical (unpaired) electrons. The molecule has 0 saturated carbocycles. The fourth-order valence-corrected chi connectivity index (χ4v) is 0.278. The minimum atomic E-state index is -0.914. The van der Waals surface area contributed by atoms with Gasteiger partial charge in [-0.2, -0.15) is 0 Å². The zero-order chi connectivity index (χ0) is 6.57. The Labute approximate surface area is 97.1 Å². The second-order valence-electron chi connectivity index (χ2n) is 1.36. The predicted octanol–water partition coefficient (Wildman–Crippen LogP) is 0.544. The number of carboxylic acids is 1. The van der Waals surface area contributed by atoms with Gasteiger partial charge in [0.15, 0.2) is 0 Å². The summed E-state index contributed by atoms with van der Waals surface area (Å²) in [7, 11) is 0. The number of aliphatic carboxylic acids is 1. The van der Waals surface area contributed by atoms with Crippen LogP contribution in [0.3, 0.4) is 0 Å². The average Bonchev–Trinajstić information content (AvgIpc) is 1.67. The number of carboxylic acid groups (broad SMARTS) is 1. The summed E-state index contributed by atoms with van der Waals surface area (Å²) in [4.78, 5) is 9.97. The van der Waals surface area contributed by atoms with Crippen LogP contribution in [0.4, 0.5) is 0 Å². The van der Waals surface area contributed by atoms with Crippen molar-refractivity contribution in [3.05, 3.63) is 17.4 Å². The fraction of sp³-hybridized carbons (Fsp3) is 0.333. The summed E-state index contributed by atoms with van der Waals surface area (Å²) in [5, 5.41) is 8.19. The first-order valence-electron chi connectivity index (χ1n) is 2.29. The number of rotatable bonds is 1. The van der Waals surface area contributed by atoms with Gasteiger partial charge in [-0.05, 0) is 19.9 Å². The molecule has 0 rings (SSSR count). The van der Waals surface area contributed by atoms with Crippen molar-refractivity contribution < 1.29 is 9.90 Å². The molecule has 0 spiro atoms. The van der Waals surface area contributed by atoms with E-state index in [0.29, 0.717) is 0 Å². The van der Waals surface area contributed by atoms with Crippen LogP contribution in [0.5, 0.6) is 0 Å². The normalized spacial score (nSPS) is 6.44. The van der Waals surface area contributed by atoms with E-state index in [0.717, 1.165) is 0 Å². The van der Waals surface area contributed by atoms with E-state index in [1.54, 1.807) is 13.0 Å². The molecular formula is C6H9KO2. The van der Waals surface area contributed by atoms with Gasteiger partial charge in [-0.15, -0.1) is 5.73 Å². The van der Waals surface area contributed by atoms with Crippen molar-refractivity contribution in [1.82, 2.24) is 0 Å². The van der Waals surface area contributed by atoms with Crippen molar-refractivity contribution in [3.63, 3.8) is 0 Å². The fourth-order valence-electron chi connectivity index (χ4n) is 0.278. The van der Waals surface area contributed by atoms with E-state index in [2.05, 4.69) is 5.73 Å². The minimum absolute atomic E-state index is 0. The molecule has 0 aliphatic heterocycles. The van der Waals surface area contributed by atoms with E-state index in [-0.39, 0.29) is 57.0 Å². The van der Waals surface area contributed by atoms with Crippen LogP contribution in [0.1, 0.15) is 13.8 Å². The van der Waals surface area contributed by atoms with Gasteiger partial charge in [-0.3, -0.25) is 0 Å². The molecular weight excluding hydrogens is 143 g/mol. The Balaban J connectivity index is 0. The van der Waals surface area contributed by atoms with Crippen molar-refractivity contribution >= 4 is 57.4 Å². The summed E-state index contributed by atoms with van der Waals surface area (Å²) in [6, 6.07) is 0. The second-order valence-corrected chi connectivity index (χ2v) is 1.36. The number of carbonyl (C=O) groups is 1. The average molecular weight is 152 g/mol. The third-order valence-electron chi connectivity index (χ3n) is 0.682. The maximum atomic E-state index is 9.97. The third-order valence-corrected chi connectivity index (χ3v) is 0.682. The Bertz CT molecular complexity index is 154. The SMILES string of the molecule is CC=C=C(C)C(=O)O.[KH]. The second kappa shape index (κ2) is 6.74. The molecule has 0 aliphatic carbocycles. The molecule has 0 atom stereocenters. The topological polar surface area (TPSA) is 37.3 Å². The summed E-state index contributed by atoms with van der Waals surface area (Å²) in [6.45, 7) is 3.23. The molecule has 0 heterocycles. The van der Waals surface area contributed by atoms with Gasteiger partial charge >= 0.3 is 57.4 Å². The molecule has 0 unspecified atom stereocenters. The van der Waals surface area contributed by atoms with Gasteiger partial charge in [0.05, 0.1) is 5.57 Å². The standard InChI is InChI=1S/C6H8O2.K.H/c1-3-4-5(2)6(7)8;;/h3H,1-2H3,(H,7,8);;. The number of hydrogen-bond donors (Lipinski definition) is 1. The molecule has 3 heteroatoms. The molecule has 1 N–H and O–H groups in total. The molecule has 0 aromatic heterocycles. The van der Waals surface area contributed by atoms with Crippen LogP contribution in [0.15, 0.2) is 17.4 Å².